The number of aromatic nitrogens is 1. The van der Waals surface area contributed by atoms with E-state index < -0.39 is 10.0 Å². The third kappa shape index (κ3) is 3.66. The molecule has 1 aromatic heterocycles. The highest BCUT2D eigenvalue weighted by atomic mass is 32.2. The normalized spacial score (nSPS) is 11.2. The lowest BCUT2D eigenvalue weighted by Crippen LogP contribution is -2.15. The molecule has 0 bridgehead atoms. The predicted molar refractivity (Wildman–Crippen MR) is 103 cm³/mol. The molecular formula is C18H18N2O4S2. The van der Waals surface area contributed by atoms with Crippen LogP contribution in [0.25, 0.3) is 11.3 Å². The Morgan fingerprint density at radius 1 is 1.04 bits per heavy atom. The van der Waals surface area contributed by atoms with Gasteiger partial charge in [0.05, 0.1) is 30.6 Å². The van der Waals surface area contributed by atoms with E-state index in [2.05, 4.69) is 9.71 Å². The van der Waals surface area contributed by atoms with E-state index in [0.717, 1.165) is 10.7 Å². The highest BCUT2D eigenvalue weighted by Crippen LogP contribution is 2.33. The molecule has 0 saturated carbocycles. The van der Waals surface area contributed by atoms with Gasteiger partial charge in [0.1, 0.15) is 16.4 Å². The Bertz CT molecular complexity index is 1030. The Kier molecular flexibility index (Phi) is 5.15. The van der Waals surface area contributed by atoms with E-state index in [0.29, 0.717) is 17.0 Å². The molecule has 3 aromatic rings. The van der Waals surface area contributed by atoms with Crippen LogP contribution in [-0.4, -0.2) is 27.6 Å². The Morgan fingerprint density at radius 3 is 2.42 bits per heavy atom. The molecule has 0 aliphatic rings. The van der Waals surface area contributed by atoms with Crippen molar-refractivity contribution in [2.75, 3.05) is 18.9 Å². The van der Waals surface area contributed by atoms with Gasteiger partial charge < -0.3 is 9.47 Å². The number of rotatable bonds is 6. The fourth-order valence-electron chi connectivity index (χ4n) is 2.47. The standard InChI is InChI=1S/C18H18N2O4S2/c1-12-19-15(11-25-12)13-8-9-17(24-3)18(10-13)26(21,22)20-14-6-4-5-7-16(14)23-2/h4-11,20H,1-3H3. The van der Waals surface area contributed by atoms with Crippen molar-refractivity contribution in [1.29, 1.82) is 0 Å². The molecule has 0 radical (unpaired) electrons. The third-order valence-electron chi connectivity index (χ3n) is 3.72. The minimum Gasteiger partial charge on any atom is -0.495 e. The fraction of sp³-hybridized carbons (Fsp3) is 0.167. The summed E-state index contributed by atoms with van der Waals surface area (Å²) in [6.07, 6.45) is 0. The maximum atomic E-state index is 13.0. The number of hydrogen-bond acceptors (Lipinski definition) is 6. The monoisotopic (exact) mass is 390 g/mol. The Balaban J connectivity index is 2.05. The van der Waals surface area contributed by atoms with Gasteiger partial charge in [-0.05, 0) is 37.3 Å². The first-order valence-corrected chi connectivity index (χ1v) is 10.1. The molecule has 0 spiro atoms. The number of para-hydroxylation sites is 2. The van der Waals surface area contributed by atoms with Crippen molar-refractivity contribution in [1.82, 2.24) is 4.98 Å². The largest absolute Gasteiger partial charge is 0.495 e. The maximum Gasteiger partial charge on any atom is 0.265 e. The first-order chi connectivity index (χ1) is 12.4. The van der Waals surface area contributed by atoms with Crippen LogP contribution in [0.15, 0.2) is 52.7 Å². The Labute approximate surface area is 156 Å². The molecule has 0 saturated heterocycles. The summed E-state index contributed by atoms with van der Waals surface area (Å²) in [5, 5.41) is 2.80. The molecule has 1 N–H and O–H groups in total. The van der Waals surface area contributed by atoms with Crippen molar-refractivity contribution in [3.05, 3.63) is 52.9 Å². The van der Waals surface area contributed by atoms with Crippen LogP contribution in [0.2, 0.25) is 0 Å². The molecular weight excluding hydrogens is 372 g/mol. The molecule has 6 nitrogen and oxygen atoms in total. The average Bonchev–Trinajstić information content (AvgIpc) is 3.07. The van der Waals surface area contributed by atoms with Gasteiger partial charge in [-0.3, -0.25) is 4.72 Å². The zero-order valence-electron chi connectivity index (χ0n) is 14.5. The molecule has 26 heavy (non-hydrogen) atoms. The van der Waals surface area contributed by atoms with Crippen LogP contribution in [-0.2, 0) is 10.0 Å². The van der Waals surface area contributed by atoms with Crippen molar-refractivity contribution in [2.45, 2.75) is 11.8 Å². The lowest BCUT2D eigenvalue weighted by atomic mass is 10.2. The topological polar surface area (TPSA) is 77.5 Å². The van der Waals surface area contributed by atoms with Gasteiger partial charge >= 0.3 is 0 Å². The van der Waals surface area contributed by atoms with E-state index >= 15 is 0 Å². The number of benzene rings is 2. The second kappa shape index (κ2) is 7.35. The van der Waals surface area contributed by atoms with Crippen LogP contribution < -0.4 is 14.2 Å². The molecule has 8 heteroatoms. The number of nitrogens with one attached hydrogen (secondary N) is 1. The summed E-state index contributed by atoms with van der Waals surface area (Å²) in [4.78, 5) is 4.45. The number of methoxy groups -OCH3 is 2. The van der Waals surface area contributed by atoms with E-state index in [-0.39, 0.29) is 10.6 Å². The first-order valence-electron chi connectivity index (χ1n) is 7.71. The van der Waals surface area contributed by atoms with Gasteiger partial charge in [0, 0.05) is 10.9 Å². The van der Waals surface area contributed by atoms with Crippen molar-refractivity contribution >= 4 is 27.0 Å². The lowest BCUT2D eigenvalue weighted by Gasteiger charge is -2.14. The zero-order valence-corrected chi connectivity index (χ0v) is 16.1. The molecule has 1 heterocycles. The number of ether oxygens (including phenoxy) is 2. The summed E-state index contributed by atoms with van der Waals surface area (Å²) in [6.45, 7) is 1.90. The SMILES string of the molecule is COc1ccccc1NS(=O)(=O)c1cc(-c2csc(C)n2)ccc1OC. The van der Waals surface area contributed by atoms with Crippen LogP contribution in [0.3, 0.4) is 0 Å². The molecule has 0 atom stereocenters. The highest BCUT2D eigenvalue weighted by Gasteiger charge is 2.22. The van der Waals surface area contributed by atoms with Gasteiger partial charge in [-0.1, -0.05) is 12.1 Å². The summed E-state index contributed by atoms with van der Waals surface area (Å²) in [7, 11) is -0.972. The minimum absolute atomic E-state index is 0.0362. The second-order valence-corrected chi connectivity index (χ2v) is 8.14. The van der Waals surface area contributed by atoms with Crippen molar-refractivity contribution in [2.24, 2.45) is 0 Å². The summed E-state index contributed by atoms with van der Waals surface area (Å²) in [6, 6.07) is 11.8. The van der Waals surface area contributed by atoms with Gasteiger partial charge in [0.15, 0.2) is 0 Å². The van der Waals surface area contributed by atoms with Crippen LogP contribution in [0.4, 0.5) is 5.69 Å². The van der Waals surface area contributed by atoms with Gasteiger partial charge in [-0.2, -0.15) is 0 Å². The average molecular weight is 390 g/mol. The Hall–Kier alpha value is -2.58. The van der Waals surface area contributed by atoms with E-state index in [1.54, 1.807) is 42.5 Å². The third-order valence-corrected chi connectivity index (χ3v) is 5.88. The highest BCUT2D eigenvalue weighted by molar-refractivity contribution is 7.92. The van der Waals surface area contributed by atoms with Gasteiger partial charge in [-0.15, -0.1) is 11.3 Å². The van der Waals surface area contributed by atoms with Crippen molar-refractivity contribution in [3.8, 4) is 22.8 Å². The lowest BCUT2D eigenvalue weighted by molar-refractivity contribution is 0.403. The first kappa shape index (κ1) is 18.2. The number of thiazole rings is 1. The van der Waals surface area contributed by atoms with Crippen LogP contribution >= 0.6 is 11.3 Å². The summed E-state index contributed by atoms with van der Waals surface area (Å²) < 4.78 is 39.0. The van der Waals surface area contributed by atoms with Gasteiger partial charge in [0.25, 0.3) is 10.0 Å². The number of nitrogens with zero attached hydrogens (tertiary/aromatic N) is 1. The molecule has 2 aromatic carbocycles. The van der Waals surface area contributed by atoms with Crippen LogP contribution in [0, 0.1) is 6.92 Å². The zero-order chi connectivity index (χ0) is 18.7. The second-order valence-electron chi connectivity index (χ2n) is 5.42. The van der Waals surface area contributed by atoms with E-state index in [4.69, 9.17) is 9.47 Å². The predicted octanol–water partition coefficient (Wildman–Crippen LogP) is 3.94. The maximum absolute atomic E-state index is 13.0. The minimum atomic E-state index is -3.89. The van der Waals surface area contributed by atoms with Crippen LogP contribution in [0.1, 0.15) is 5.01 Å². The number of sulfonamides is 1. The number of hydrogen-bond donors (Lipinski definition) is 1. The number of anilines is 1. The summed E-state index contributed by atoms with van der Waals surface area (Å²) in [5.74, 6) is 0.685. The van der Waals surface area contributed by atoms with Crippen LogP contribution in [0.5, 0.6) is 11.5 Å². The molecule has 0 aliphatic heterocycles. The smallest absolute Gasteiger partial charge is 0.265 e. The quantitative estimate of drug-likeness (QED) is 0.690. The van der Waals surface area contributed by atoms with E-state index in [9.17, 15) is 8.42 Å². The summed E-state index contributed by atoms with van der Waals surface area (Å²) in [5.41, 5.74) is 1.78. The van der Waals surface area contributed by atoms with E-state index in [1.165, 1.54) is 25.6 Å². The fourth-order valence-corrected chi connectivity index (χ4v) is 4.36. The molecule has 0 amide bonds. The Morgan fingerprint density at radius 2 is 1.77 bits per heavy atom. The number of aryl methyl sites for hydroxylation is 1. The molecule has 136 valence electrons. The summed E-state index contributed by atoms with van der Waals surface area (Å²) >= 11 is 1.51. The van der Waals surface area contributed by atoms with Gasteiger partial charge in [0.2, 0.25) is 0 Å². The molecule has 0 aliphatic carbocycles. The van der Waals surface area contributed by atoms with Crippen molar-refractivity contribution < 1.29 is 17.9 Å². The van der Waals surface area contributed by atoms with Crippen molar-refractivity contribution in [3.63, 3.8) is 0 Å². The molecule has 3 rings (SSSR count). The van der Waals surface area contributed by atoms with E-state index in [1.807, 2.05) is 12.3 Å². The van der Waals surface area contributed by atoms with Gasteiger partial charge in [-0.25, -0.2) is 13.4 Å². The molecule has 0 fully saturated rings. The molecule has 0 unspecified atom stereocenters.